The third-order valence-electron chi connectivity index (χ3n) is 5.01. The van der Waals surface area contributed by atoms with E-state index in [0.29, 0.717) is 17.7 Å². The van der Waals surface area contributed by atoms with Gasteiger partial charge in [-0.05, 0) is 56.9 Å². The first-order chi connectivity index (χ1) is 17.0. The number of hydrogen-bond acceptors (Lipinski definition) is 3. The van der Waals surface area contributed by atoms with Gasteiger partial charge in [0.15, 0.2) is 0 Å². The Morgan fingerprint density at radius 2 is 1.59 bits per heavy atom. The lowest BCUT2D eigenvalue weighted by molar-refractivity contribution is -0.143. The molecule has 1 unspecified atom stereocenters. The zero-order valence-corrected chi connectivity index (χ0v) is 21.6. The highest BCUT2D eigenvalue weighted by atomic mass is 19.4. The van der Waals surface area contributed by atoms with E-state index in [4.69, 9.17) is 0 Å². The van der Waals surface area contributed by atoms with Gasteiger partial charge in [-0.2, -0.15) is 26.3 Å². The summed E-state index contributed by atoms with van der Waals surface area (Å²) in [4.78, 5) is 19.0. The Bertz CT molecular complexity index is 1060. The molecule has 4 nitrogen and oxygen atoms in total. The van der Waals surface area contributed by atoms with Crippen LogP contribution in [-0.4, -0.2) is 30.0 Å². The molecule has 204 valence electrons. The molecule has 1 aromatic carbocycles. The van der Waals surface area contributed by atoms with Gasteiger partial charge >= 0.3 is 18.3 Å². The minimum absolute atomic E-state index is 0.00422. The van der Waals surface area contributed by atoms with E-state index < -0.39 is 29.4 Å². The van der Waals surface area contributed by atoms with Gasteiger partial charge in [-0.3, -0.25) is 9.98 Å². The molecule has 0 fully saturated rings. The number of carbonyl (C=O) groups is 1. The van der Waals surface area contributed by atoms with Crippen LogP contribution in [0.5, 0.6) is 0 Å². The molecule has 1 aromatic rings. The van der Waals surface area contributed by atoms with Crippen LogP contribution in [0.1, 0.15) is 57.7 Å². The normalized spacial score (nSPS) is 14.8. The number of aliphatic imine (C=N–C) groups is 2. The van der Waals surface area contributed by atoms with E-state index in [1.807, 2.05) is 26.8 Å². The van der Waals surface area contributed by atoms with Crippen molar-refractivity contribution in [2.45, 2.75) is 53.4 Å². The fourth-order valence-corrected chi connectivity index (χ4v) is 2.62. The Kier molecular flexibility index (Phi) is 13.6. The largest absolute Gasteiger partial charge is 0.478 e. The number of allylic oxidation sites excluding steroid dienone is 4. The Hall–Kier alpha value is -3.43. The van der Waals surface area contributed by atoms with Crippen LogP contribution in [0, 0.1) is 5.92 Å². The summed E-state index contributed by atoms with van der Waals surface area (Å²) in [5, 5.41) is 9.35. The second-order valence-corrected chi connectivity index (χ2v) is 7.92. The lowest BCUT2D eigenvalue weighted by atomic mass is 9.99. The quantitative estimate of drug-likeness (QED) is 0.121. The van der Waals surface area contributed by atoms with Gasteiger partial charge in [0.2, 0.25) is 0 Å². The van der Waals surface area contributed by atoms with Crippen molar-refractivity contribution in [3.8, 4) is 0 Å². The van der Waals surface area contributed by atoms with E-state index in [1.54, 1.807) is 31.5 Å². The summed E-state index contributed by atoms with van der Waals surface area (Å²) in [6.07, 6.45) is -0.319. The fourth-order valence-electron chi connectivity index (χ4n) is 2.62. The van der Waals surface area contributed by atoms with Gasteiger partial charge in [0.25, 0.3) is 0 Å². The number of halogens is 6. The van der Waals surface area contributed by atoms with Crippen LogP contribution in [0.25, 0.3) is 0 Å². The number of nitrogens with zero attached hydrogens (tertiary/aromatic N) is 2. The standard InChI is InChI=1S/C16H23NO2.C11H9F6N/c1-6-12(4)9-14(11-17-8-3)15(16(18)19)10-13(5)7-2;1-6(18-2)7-3-8(10(12,13)14)5-9(4-7)11(15,16)17/h7-11,13H,2,6H2,1,3-5H3,(H,18,19);3-5H,1-2H3/b12-9?,14-11+,15-10+,17-8?;. The monoisotopic (exact) mass is 530 g/mol. The maximum Gasteiger partial charge on any atom is 0.416 e. The van der Waals surface area contributed by atoms with Crippen LogP contribution in [0.4, 0.5) is 26.3 Å². The van der Waals surface area contributed by atoms with E-state index in [-0.39, 0.29) is 28.8 Å². The highest BCUT2D eigenvalue weighted by Crippen LogP contribution is 2.36. The van der Waals surface area contributed by atoms with E-state index >= 15 is 0 Å². The van der Waals surface area contributed by atoms with E-state index in [0.717, 1.165) is 12.0 Å². The fraction of sp³-hybridized carbons (Fsp3) is 0.370. The minimum atomic E-state index is -4.83. The van der Waals surface area contributed by atoms with Gasteiger partial charge in [0.1, 0.15) is 0 Å². The number of rotatable bonds is 8. The van der Waals surface area contributed by atoms with Crippen LogP contribution in [-0.2, 0) is 17.1 Å². The third-order valence-corrected chi connectivity index (χ3v) is 5.01. The van der Waals surface area contributed by atoms with Crippen molar-refractivity contribution in [2.75, 3.05) is 7.05 Å². The molecule has 10 heteroatoms. The van der Waals surface area contributed by atoms with Crippen molar-refractivity contribution in [1.29, 1.82) is 0 Å². The van der Waals surface area contributed by atoms with Gasteiger partial charge < -0.3 is 5.11 Å². The molecule has 0 bridgehead atoms. The average Bonchev–Trinajstić information content (AvgIpc) is 2.83. The molecule has 0 saturated carbocycles. The number of hydrogen-bond donors (Lipinski definition) is 1. The van der Waals surface area contributed by atoms with E-state index in [2.05, 4.69) is 16.6 Å². The maximum atomic E-state index is 12.5. The van der Waals surface area contributed by atoms with Crippen molar-refractivity contribution >= 4 is 17.9 Å². The van der Waals surface area contributed by atoms with E-state index in [9.17, 15) is 36.2 Å². The van der Waals surface area contributed by atoms with Gasteiger partial charge in [-0.15, -0.1) is 6.58 Å². The SMILES string of the molecule is C=CC(C)/C=C(C(=O)O)\C(C=C(C)CC)=C\N=CC.CN=C(C)c1cc(C(F)(F)F)cc(C(F)(F)F)c1. The molecule has 1 atom stereocenters. The predicted molar refractivity (Wildman–Crippen MR) is 136 cm³/mol. The smallest absolute Gasteiger partial charge is 0.416 e. The Morgan fingerprint density at radius 3 is 1.95 bits per heavy atom. The molecule has 0 aliphatic rings. The molecule has 0 aromatic heterocycles. The zero-order valence-electron chi connectivity index (χ0n) is 21.6. The number of alkyl halides is 6. The lowest BCUT2D eigenvalue weighted by Gasteiger charge is -2.14. The number of carboxylic acids is 1. The summed E-state index contributed by atoms with van der Waals surface area (Å²) in [6.45, 7) is 12.7. The molecule has 0 radical (unpaired) electrons. The highest BCUT2D eigenvalue weighted by molar-refractivity contribution is 5.99. The summed E-state index contributed by atoms with van der Waals surface area (Å²) >= 11 is 0. The molecular weight excluding hydrogens is 498 g/mol. The molecule has 1 rings (SSSR count). The second kappa shape index (κ2) is 15.0. The van der Waals surface area contributed by atoms with Crippen LogP contribution in [0.15, 0.2) is 75.9 Å². The third kappa shape index (κ3) is 11.9. The highest BCUT2D eigenvalue weighted by Gasteiger charge is 2.37. The van der Waals surface area contributed by atoms with Crippen molar-refractivity contribution in [3.63, 3.8) is 0 Å². The molecule has 37 heavy (non-hydrogen) atoms. The molecule has 0 saturated heterocycles. The van der Waals surface area contributed by atoms with Crippen LogP contribution in [0.2, 0.25) is 0 Å². The predicted octanol–water partition coefficient (Wildman–Crippen LogP) is 8.31. The van der Waals surface area contributed by atoms with Crippen molar-refractivity contribution in [3.05, 3.63) is 82.6 Å². The molecule has 1 N–H and O–H groups in total. The number of benzene rings is 1. The zero-order chi connectivity index (χ0) is 29.0. The summed E-state index contributed by atoms with van der Waals surface area (Å²) in [5.74, 6) is -0.957. The Morgan fingerprint density at radius 1 is 1.08 bits per heavy atom. The second-order valence-electron chi connectivity index (χ2n) is 7.92. The van der Waals surface area contributed by atoms with Crippen molar-refractivity contribution < 1.29 is 36.2 Å². The Labute approximate surface area is 213 Å². The molecular formula is C27H32F6N2O2. The molecule has 0 amide bonds. The van der Waals surface area contributed by atoms with E-state index in [1.165, 1.54) is 14.0 Å². The molecule has 0 heterocycles. The van der Waals surface area contributed by atoms with Crippen molar-refractivity contribution in [1.82, 2.24) is 0 Å². The van der Waals surface area contributed by atoms with Crippen molar-refractivity contribution in [2.24, 2.45) is 15.9 Å². The minimum Gasteiger partial charge on any atom is -0.478 e. The summed E-state index contributed by atoms with van der Waals surface area (Å²) in [6, 6.07) is 1.39. The Balaban J connectivity index is 0.000000701. The summed E-state index contributed by atoms with van der Waals surface area (Å²) in [7, 11) is 1.29. The first kappa shape index (κ1) is 33.6. The molecule has 0 aliphatic carbocycles. The van der Waals surface area contributed by atoms with Crippen LogP contribution < -0.4 is 0 Å². The molecule has 0 spiro atoms. The van der Waals surface area contributed by atoms with Crippen LogP contribution in [0.3, 0.4) is 0 Å². The number of carboxylic acid groups (broad SMARTS) is 1. The number of aliphatic carboxylic acids is 1. The van der Waals surface area contributed by atoms with Gasteiger partial charge in [-0.25, -0.2) is 4.79 Å². The first-order valence-corrected chi connectivity index (χ1v) is 11.2. The maximum absolute atomic E-state index is 12.5. The van der Waals surface area contributed by atoms with Gasteiger partial charge in [0.05, 0.1) is 16.7 Å². The first-order valence-electron chi connectivity index (χ1n) is 11.2. The van der Waals surface area contributed by atoms with Crippen LogP contribution >= 0.6 is 0 Å². The average molecular weight is 531 g/mol. The molecule has 0 aliphatic heterocycles. The lowest BCUT2D eigenvalue weighted by Crippen LogP contribution is -2.13. The summed E-state index contributed by atoms with van der Waals surface area (Å²) < 4.78 is 75.0. The topological polar surface area (TPSA) is 62.0 Å². The van der Waals surface area contributed by atoms with Gasteiger partial charge in [0, 0.05) is 30.7 Å². The summed E-state index contributed by atoms with van der Waals surface area (Å²) in [5.41, 5.74) is -0.794. The van der Waals surface area contributed by atoms with Gasteiger partial charge in [-0.1, -0.05) is 37.6 Å².